The van der Waals surface area contributed by atoms with Gasteiger partial charge in [0, 0.05) is 6.04 Å². The molecule has 0 bridgehead atoms. The van der Waals surface area contributed by atoms with Crippen LogP contribution < -0.4 is 5.32 Å². The molecule has 0 radical (unpaired) electrons. The zero-order valence-corrected chi connectivity index (χ0v) is 11.2. The van der Waals surface area contributed by atoms with E-state index in [-0.39, 0.29) is 0 Å². The molecule has 94 valence electrons. The lowest BCUT2D eigenvalue weighted by Gasteiger charge is -2.28. The van der Waals surface area contributed by atoms with Crippen molar-refractivity contribution >= 4 is 0 Å². The van der Waals surface area contributed by atoms with E-state index in [0.717, 1.165) is 5.92 Å². The minimum absolute atomic E-state index is 0.598. The quantitative estimate of drug-likeness (QED) is 0.809. The van der Waals surface area contributed by atoms with E-state index in [0.29, 0.717) is 6.04 Å². The molecule has 1 aromatic carbocycles. The molecule has 1 unspecified atom stereocenters. The van der Waals surface area contributed by atoms with Crippen molar-refractivity contribution in [1.29, 1.82) is 0 Å². The van der Waals surface area contributed by atoms with Crippen LogP contribution in [-0.4, -0.2) is 6.54 Å². The van der Waals surface area contributed by atoms with E-state index in [1.807, 2.05) is 0 Å². The molecule has 1 nitrogen and oxygen atoms in total. The molecule has 17 heavy (non-hydrogen) atoms. The number of benzene rings is 1. The molecule has 1 N–H and O–H groups in total. The molecular weight excluding hydrogens is 206 g/mol. The van der Waals surface area contributed by atoms with Gasteiger partial charge in [0.2, 0.25) is 0 Å². The maximum absolute atomic E-state index is 3.68. The van der Waals surface area contributed by atoms with Crippen molar-refractivity contribution in [3.8, 4) is 0 Å². The maximum Gasteiger partial charge on any atom is 0.0323 e. The van der Waals surface area contributed by atoms with E-state index in [1.165, 1.54) is 38.6 Å². The van der Waals surface area contributed by atoms with Gasteiger partial charge in [0.25, 0.3) is 0 Å². The van der Waals surface area contributed by atoms with E-state index in [4.69, 9.17) is 0 Å². The largest absolute Gasteiger partial charge is 0.310 e. The summed E-state index contributed by atoms with van der Waals surface area (Å²) in [7, 11) is 0. The first-order valence-electron chi connectivity index (χ1n) is 7.19. The molecule has 0 aliphatic carbocycles. The number of nitrogens with one attached hydrogen (secondary N) is 1. The first-order chi connectivity index (χ1) is 8.36. The highest BCUT2D eigenvalue weighted by Gasteiger charge is 2.20. The van der Waals surface area contributed by atoms with Crippen LogP contribution in [0.1, 0.15) is 69.0 Å². The number of hydrogen-bond donors (Lipinski definition) is 1. The number of hydrogen-bond acceptors (Lipinski definition) is 1. The van der Waals surface area contributed by atoms with Gasteiger partial charge in [0.1, 0.15) is 0 Å². The van der Waals surface area contributed by atoms with Crippen LogP contribution in [-0.2, 0) is 0 Å². The van der Waals surface area contributed by atoms with Gasteiger partial charge >= 0.3 is 0 Å². The molecule has 2 rings (SSSR count). The summed E-state index contributed by atoms with van der Waals surface area (Å²) in [6.07, 6.45) is 6.51. The molecule has 0 saturated carbocycles. The molecule has 1 fully saturated rings. The van der Waals surface area contributed by atoms with Gasteiger partial charge in [0.05, 0.1) is 0 Å². The van der Waals surface area contributed by atoms with Crippen LogP contribution in [0.15, 0.2) is 24.3 Å². The van der Waals surface area contributed by atoms with Crippen molar-refractivity contribution in [1.82, 2.24) is 5.32 Å². The van der Waals surface area contributed by atoms with Gasteiger partial charge in [-0.05, 0) is 49.3 Å². The van der Waals surface area contributed by atoms with Crippen LogP contribution >= 0.6 is 0 Å². The molecule has 0 spiro atoms. The van der Waals surface area contributed by atoms with E-state index in [2.05, 4.69) is 43.4 Å². The summed E-state index contributed by atoms with van der Waals surface area (Å²) < 4.78 is 0. The zero-order valence-electron chi connectivity index (χ0n) is 11.2. The van der Waals surface area contributed by atoms with Gasteiger partial charge in [-0.15, -0.1) is 0 Å². The van der Waals surface area contributed by atoms with Gasteiger partial charge in [0.15, 0.2) is 0 Å². The predicted molar refractivity (Wildman–Crippen MR) is 74.4 cm³/mol. The lowest BCUT2D eigenvalue weighted by atomic mass is 9.85. The maximum atomic E-state index is 3.68. The minimum Gasteiger partial charge on any atom is -0.310 e. The average molecular weight is 231 g/mol. The van der Waals surface area contributed by atoms with Crippen molar-refractivity contribution in [2.24, 2.45) is 0 Å². The molecule has 1 atom stereocenters. The van der Waals surface area contributed by atoms with Crippen molar-refractivity contribution in [2.45, 2.75) is 57.9 Å². The third kappa shape index (κ3) is 2.90. The van der Waals surface area contributed by atoms with Crippen LogP contribution in [0.5, 0.6) is 0 Å². The fourth-order valence-electron chi connectivity index (χ4n) is 3.05. The second-order valence-electron chi connectivity index (χ2n) is 5.14. The number of rotatable bonds is 4. The fourth-order valence-corrected chi connectivity index (χ4v) is 3.05. The summed E-state index contributed by atoms with van der Waals surface area (Å²) in [4.78, 5) is 0. The Balaban J connectivity index is 2.25. The van der Waals surface area contributed by atoms with Crippen molar-refractivity contribution in [2.75, 3.05) is 6.54 Å². The van der Waals surface area contributed by atoms with Crippen LogP contribution in [0.25, 0.3) is 0 Å². The first-order valence-corrected chi connectivity index (χ1v) is 7.19. The van der Waals surface area contributed by atoms with E-state index < -0.39 is 0 Å². The Morgan fingerprint density at radius 3 is 2.59 bits per heavy atom. The molecule has 1 heteroatoms. The summed E-state index contributed by atoms with van der Waals surface area (Å²) in [5.74, 6) is 0.731. The van der Waals surface area contributed by atoms with Gasteiger partial charge in [-0.3, -0.25) is 0 Å². The molecule has 1 heterocycles. The summed E-state index contributed by atoms with van der Waals surface area (Å²) >= 11 is 0. The van der Waals surface area contributed by atoms with Crippen LogP contribution in [0.4, 0.5) is 0 Å². The topological polar surface area (TPSA) is 12.0 Å². The SMILES string of the molecule is CCC(CC)c1ccccc1C1CCCCN1. The van der Waals surface area contributed by atoms with Crippen LogP contribution in [0, 0.1) is 0 Å². The summed E-state index contributed by atoms with van der Waals surface area (Å²) in [6.45, 7) is 5.79. The van der Waals surface area contributed by atoms with Gasteiger partial charge in [-0.2, -0.15) is 0 Å². The van der Waals surface area contributed by atoms with Gasteiger partial charge < -0.3 is 5.32 Å². The Morgan fingerprint density at radius 2 is 1.94 bits per heavy atom. The van der Waals surface area contributed by atoms with Gasteiger partial charge in [-0.25, -0.2) is 0 Å². The Hall–Kier alpha value is -0.820. The molecular formula is C16H25N. The molecule has 1 saturated heterocycles. The third-order valence-electron chi connectivity index (χ3n) is 4.11. The smallest absolute Gasteiger partial charge is 0.0323 e. The average Bonchev–Trinajstić information content (AvgIpc) is 2.42. The van der Waals surface area contributed by atoms with Crippen molar-refractivity contribution in [3.63, 3.8) is 0 Å². The summed E-state index contributed by atoms with van der Waals surface area (Å²) in [5, 5.41) is 3.68. The first kappa shape index (κ1) is 12.6. The van der Waals surface area contributed by atoms with Crippen molar-refractivity contribution in [3.05, 3.63) is 35.4 Å². The Morgan fingerprint density at radius 1 is 1.18 bits per heavy atom. The summed E-state index contributed by atoms with van der Waals surface area (Å²) in [5.41, 5.74) is 3.14. The molecule has 0 aromatic heterocycles. The molecule has 0 amide bonds. The Bertz CT molecular complexity index is 335. The van der Waals surface area contributed by atoms with E-state index >= 15 is 0 Å². The predicted octanol–water partition coefficient (Wildman–Crippen LogP) is 4.40. The third-order valence-corrected chi connectivity index (χ3v) is 4.11. The highest BCUT2D eigenvalue weighted by molar-refractivity contribution is 5.33. The van der Waals surface area contributed by atoms with Gasteiger partial charge in [-0.1, -0.05) is 44.5 Å². The minimum atomic E-state index is 0.598. The van der Waals surface area contributed by atoms with E-state index in [9.17, 15) is 0 Å². The highest BCUT2D eigenvalue weighted by Crippen LogP contribution is 2.32. The lowest BCUT2D eigenvalue weighted by Crippen LogP contribution is -2.27. The van der Waals surface area contributed by atoms with Crippen LogP contribution in [0.3, 0.4) is 0 Å². The molecule has 1 aliphatic rings. The van der Waals surface area contributed by atoms with Crippen molar-refractivity contribution < 1.29 is 0 Å². The fraction of sp³-hybridized carbons (Fsp3) is 0.625. The Labute approximate surface area is 106 Å². The normalized spacial score (nSPS) is 20.8. The molecule has 1 aliphatic heterocycles. The monoisotopic (exact) mass is 231 g/mol. The van der Waals surface area contributed by atoms with E-state index in [1.54, 1.807) is 11.1 Å². The lowest BCUT2D eigenvalue weighted by molar-refractivity contribution is 0.408. The highest BCUT2D eigenvalue weighted by atomic mass is 14.9. The Kier molecular flexibility index (Phi) is 4.61. The second-order valence-corrected chi connectivity index (χ2v) is 5.14. The summed E-state index contributed by atoms with van der Waals surface area (Å²) in [6, 6.07) is 9.65. The number of piperidine rings is 1. The zero-order chi connectivity index (χ0) is 12.1. The second kappa shape index (κ2) is 6.20. The standard InChI is InChI=1S/C16H25N/c1-3-13(4-2)14-9-5-6-10-15(14)16-11-7-8-12-17-16/h5-6,9-10,13,16-17H,3-4,7-8,11-12H2,1-2H3. The molecule has 1 aromatic rings. The van der Waals surface area contributed by atoms with Crippen LogP contribution in [0.2, 0.25) is 0 Å².